The number of nitrogens with one attached hydrogen (secondary N) is 1. The zero-order chi connectivity index (χ0) is 21.0. The zero-order valence-electron chi connectivity index (χ0n) is 17.1. The largest absolute Gasteiger partial charge is 0.454 e. The second kappa shape index (κ2) is 9.23. The van der Waals surface area contributed by atoms with Gasteiger partial charge in [-0.15, -0.1) is 0 Å². The number of aromatic nitrogens is 3. The first-order valence-corrected chi connectivity index (χ1v) is 11.3. The molecule has 2 fully saturated rings. The van der Waals surface area contributed by atoms with Crippen LogP contribution in [0.4, 0.5) is 17.8 Å². The minimum absolute atomic E-state index is 0.231. The van der Waals surface area contributed by atoms with E-state index >= 15 is 0 Å². The molecule has 3 aliphatic heterocycles. The minimum Gasteiger partial charge on any atom is -0.454 e. The van der Waals surface area contributed by atoms with E-state index in [0.29, 0.717) is 36.8 Å². The molecule has 0 bridgehead atoms. The van der Waals surface area contributed by atoms with Crippen molar-refractivity contribution in [2.45, 2.75) is 19.3 Å². The zero-order valence-corrected chi connectivity index (χ0v) is 18.7. The Morgan fingerprint density at radius 2 is 1.58 bits per heavy atom. The second-order valence-corrected chi connectivity index (χ2v) is 8.36. The van der Waals surface area contributed by atoms with Crippen molar-refractivity contribution in [2.24, 2.45) is 5.10 Å². The molecule has 1 aromatic carbocycles. The highest BCUT2D eigenvalue weighted by atomic mass is 79.9. The van der Waals surface area contributed by atoms with Gasteiger partial charge >= 0.3 is 0 Å². The molecule has 0 unspecified atom stereocenters. The molecule has 0 spiro atoms. The maximum absolute atomic E-state index is 5.47. The van der Waals surface area contributed by atoms with Crippen LogP contribution in [-0.2, 0) is 4.74 Å². The summed E-state index contributed by atoms with van der Waals surface area (Å²) in [6.07, 6.45) is 5.25. The lowest BCUT2D eigenvalue weighted by atomic mass is 10.1. The van der Waals surface area contributed by atoms with Crippen LogP contribution < -0.4 is 24.7 Å². The van der Waals surface area contributed by atoms with Crippen LogP contribution in [-0.4, -0.2) is 67.4 Å². The van der Waals surface area contributed by atoms with Crippen molar-refractivity contribution in [2.75, 3.05) is 61.4 Å². The quantitative estimate of drug-likeness (QED) is 0.501. The summed E-state index contributed by atoms with van der Waals surface area (Å²) >= 11 is 3.54. The summed E-state index contributed by atoms with van der Waals surface area (Å²) in [5.41, 5.74) is 3.83. The Kier molecular flexibility index (Phi) is 6.03. The third-order valence-electron chi connectivity index (χ3n) is 5.40. The van der Waals surface area contributed by atoms with Gasteiger partial charge in [0, 0.05) is 36.2 Å². The summed E-state index contributed by atoms with van der Waals surface area (Å²) in [6, 6.07) is 3.75. The van der Waals surface area contributed by atoms with Crippen LogP contribution in [0.2, 0.25) is 0 Å². The molecule has 10 nitrogen and oxygen atoms in total. The van der Waals surface area contributed by atoms with Gasteiger partial charge in [-0.05, 0) is 47.3 Å². The SMILES string of the molecule is Brc1cc2c(cc1/C=N/Nc1nc(N3CCCCC3)nc(N3CCOCC3)n1)OCO2. The number of fused-ring (bicyclic) bond motifs is 1. The number of hydrogen-bond donors (Lipinski definition) is 1. The molecule has 0 amide bonds. The van der Waals surface area contributed by atoms with Gasteiger partial charge < -0.3 is 24.0 Å². The first-order chi connectivity index (χ1) is 15.3. The van der Waals surface area contributed by atoms with Crippen molar-refractivity contribution in [3.8, 4) is 11.5 Å². The maximum atomic E-state index is 5.47. The number of nitrogens with zero attached hydrogens (tertiary/aromatic N) is 6. The third-order valence-corrected chi connectivity index (χ3v) is 6.09. The molecule has 1 N–H and O–H groups in total. The normalized spacial score (nSPS) is 18.6. The lowest BCUT2D eigenvalue weighted by Gasteiger charge is -2.30. The van der Waals surface area contributed by atoms with Crippen molar-refractivity contribution in [3.05, 3.63) is 22.2 Å². The number of piperidine rings is 1. The summed E-state index contributed by atoms with van der Waals surface area (Å²) < 4.78 is 17.2. The molecule has 0 saturated carbocycles. The van der Waals surface area contributed by atoms with E-state index in [1.54, 1.807) is 6.21 Å². The molecule has 0 aliphatic carbocycles. The van der Waals surface area contributed by atoms with Crippen molar-refractivity contribution in [3.63, 3.8) is 0 Å². The predicted octanol–water partition coefficient (Wildman–Crippen LogP) is 2.64. The number of halogens is 1. The predicted molar refractivity (Wildman–Crippen MR) is 120 cm³/mol. The molecule has 11 heteroatoms. The molecule has 2 aromatic rings. The molecule has 5 rings (SSSR count). The van der Waals surface area contributed by atoms with E-state index in [2.05, 4.69) is 46.2 Å². The highest BCUT2D eigenvalue weighted by Crippen LogP contribution is 2.36. The van der Waals surface area contributed by atoms with Crippen LogP contribution in [0.5, 0.6) is 11.5 Å². The van der Waals surface area contributed by atoms with Gasteiger partial charge in [-0.1, -0.05) is 0 Å². The van der Waals surface area contributed by atoms with E-state index in [1.165, 1.54) is 6.42 Å². The topological polar surface area (TPSA) is 97.2 Å². The highest BCUT2D eigenvalue weighted by molar-refractivity contribution is 9.10. The molecule has 164 valence electrons. The van der Waals surface area contributed by atoms with E-state index in [9.17, 15) is 0 Å². The Hall–Kier alpha value is -2.66. The molecule has 31 heavy (non-hydrogen) atoms. The van der Waals surface area contributed by atoms with Crippen molar-refractivity contribution in [1.82, 2.24) is 15.0 Å². The molecule has 0 atom stereocenters. The standard InChI is InChI=1S/C20H24BrN7O3/c21-15-11-17-16(30-13-31-17)10-14(15)12-22-26-18-23-19(27-4-2-1-3-5-27)25-20(24-18)28-6-8-29-9-7-28/h10-12H,1-9,13H2,(H,23,24,25,26)/b22-12+. The van der Waals surface area contributed by atoms with Gasteiger partial charge in [0.1, 0.15) is 0 Å². The first kappa shape index (κ1) is 20.3. The van der Waals surface area contributed by atoms with Gasteiger partial charge in [-0.3, -0.25) is 0 Å². The number of morpholine rings is 1. The highest BCUT2D eigenvalue weighted by Gasteiger charge is 2.20. The van der Waals surface area contributed by atoms with Crippen LogP contribution in [0.3, 0.4) is 0 Å². The van der Waals surface area contributed by atoms with E-state index in [0.717, 1.165) is 54.8 Å². The van der Waals surface area contributed by atoms with Crippen LogP contribution >= 0.6 is 15.9 Å². The summed E-state index contributed by atoms with van der Waals surface area (Å²) in [4.78, 5) is 18.3. The number of hydrazone groups is 1. The average molecular weight is 490 g/mol. The van der Waals surface area contributed by atoms with E-state index in [1.807, 2.05) is 12.1 Å². The van der Waals surface area contributed by atoms with Crippen molar-refractivity contribution in [1.29, 1.82) is 0 Å². The van der Waals surface area contributed by atoms with Gasteiger partial charge in [0.2, 0.25) is 24.6 Å². The number of anilines is 3. The van der Waals surface area contributed by atoms with Gasteiger partial charge in [0.15, 0.2) is 11.5 Å². The van der Waals surface area contributed by atoms with Gasteiger partial charge in [0.25, 0.3) is 0 Å². The molecule has 3 aliphatic rings. The molecular weight excluding hydrogens is 466 g/mol. The minimum atomic E-state index is 0.231. The molecule has 4 heterocycles. The van der Waals surface area contributed by atoms with E-state index < -0.39 is 0 Å². The molecule has 2 saturated heterocycles. The van der Waals surface area contributed by atoms with Crippen LogP contribution in [0.15, 0.2) is 21.7 Å². The molecule has 0 radical (unpaired) electrons. The second-order valence-electron chi connectivity index (χ2n) is 7.50. The summed E-state index contributed by atoms with van der Waals surface area (Å²) in [5, 5.41) is 4.35. The Balaban J connectivity index is 1.37. The van der Waals surface area contributed by atoms with E-state index in [-0.39, 0.29) is 6.79 Å². The third kappa shape index (κ3) is 4.67. The Morgan fingerprint density at radius 1 is 0.903 bits per heavy atom. The number of rotatable bonds is 5. The lowest BCUT2D eigenvalue weighted by molar-refractivity contribution is 0.122. The fourth-order valence-electron chi connectivity index (χ4n) is 3.74. The average Bonchev–Trinajstić information content (AvgIpc) is 3.27. The van der Waals surface area contributed by atoms with Crippen molar-refractivity contribution < 1.29 is 14.2 Å². The Morgan fingerprint density at radius 3 is 2.32 bits per heavy atom. The fourth-order valence-corrected chi connectivity index (χ4v) is 4.16. The summed E-state index contributed by atoms with van der Waals surface area (Å²) in [7, 11) is 0. The smallest absolute Gasteiger partial charge is 0.250 e. The number of hydrogen-bond acceptors (Lipinski definition) is 10. The maximum Gasteiger partial charge on any atom is 0.250 e. The molecular formula is C20H24BrN7O3. The first-order valence-electron chi connectivity index (χ1n) is 10.5. The van der Waals surface area contributed by atoms with Crippen LogP contribution in [0.1, 0.15) is 24.8 Å². The lowest BCUT2D eigenvalue weighted by Crippen LogP contribution is -2.38. The van der Waals surface area contributed by atoms with Gasteiger partial charge in [0.05, 0.1) is 19.4 Å². The van der Waals surface area contributed by atoms with Gasteiger partial charge in [-0.2, -0.15) is 20.1 Å². The summed E-state index contributed by atoms with van der Waals surface area (Å²) in [6.45, 7) is 5.01. The van der Waals surface area contributed by atoms with Gasteiger partial charge in [-0.25, -0.2) is 5.43 Å². The Bertz CT molecular complexity index is 926. The van der Waals surface area contributed by atoms with E-state index in [4.69, 9.17) is 19.2 Å². The number of ether oxygens (including phenoxy) is 3. The van der Waals surface area contributed by atoms with Crippen molar-refractivity contribution >= 4 is 40.0 Å². The van der Waals surface area contributed by atoms with Crippen LogP contribution in [0.25, 0.3) is 0 Å². The van der Waals surface area contributed by atoms with Crippen LogP contribution in [0, 0.1) is 0 Å². The summed E-state index contributed by atoms with van der Waals surface area (Å²) in [5.74, 6) is 3.19. The monoisotopic (exact) mass is 489 g/mol. The number of benzene rings is 1. The fraction of sp³-hybridized carbons (Fsp3) is 0.500. The Labute approximate surface area is 188 Å². The molecule has 1 aromatic heterocycles.